The first kappa shape index (κ1) is 45.1. The van der Waals surface area contributed by atoms with Gasteiger partial charge >= 0.3 is 18.0 Å². The molecular weight excluding hydrogens is 600 g/mol. The largest absolute Gasteiger partial charge is 0.462 e. The highest BCUT2D eigenvalue weighted by Gasteiger charge is 2.19. The molecule has 10 nitrogen and oxygen atoms in total. The number of aliphatic hydroxyl groups excluding tert-OH is 1. The summed E-state index contributed by atoms with van der Waals surface area (Å²) in [6.45, 7) is 4.54. The number of hydroxylamine groups is 2. The Morgan fingerprint density at radius 2 is 1.02 bits per heavy atom. The lowest BCUT2D eigenvalue weighted by Gasteiger charge is -2.18. The van der Waals surface area contributed by atoms with Gasteiger partial charge in [0.2, 0.25) is 0 Å². The molecule has 0 aliphatic heterocycles. The highest BCUT2D eigenvalue weighted by Crippen LogP contribution is 2.14. The molecule has 278 valence electrons. The summed E-state index contributed by atoms with van der Waals surface area (Å²) in [4.78, 5) is 42.3. The molecule has 1 atom stereocenters. The quantitative estimate of drug-likeness (QED) is 0.0224. The Morgan fingerprint density at radius 1 is 0.596 bits per heavy atom. The molecule has 1 amide bonds. The van der Waals surface area contributed by atoms with E-state index in [0.717, 1.165) is 38.5 Å². The molecule has 0 aliphatic carbocycles. The number of esters is 2. The van der Waals surface area contributed by atoms with Gasteiger partial charge < -0.3 is 24.6 Å². The van der Waals surface area contributed by atoms with Crippen LogP contribution < -0.4 is 5.32 Å². The summed E-state index contributed by atoms with van der Waals surface area (Å²) in [5.74, 6) is -0.703. The molecule has 0 radical (unpaired) electrons. The second-order valence-corrected chi connectivity index (χ2v) is 12.8. The third kappa shape index (κ3) is 33.8. The molecule has 0 rings (SSSR count). The number of alkyl carbamates (subject to hydrolysis) is 1. The number of hydrogen-bond acceptors (Lipinski definition) is 9. The highest BCUT2D eigenvalue weighted by atomic mass is 16.7. The van der Waals surface area contributed by atoms with Crippen molar-refractivity contribution in [2.45, 2.75) is 180 Å². The Bertz CT molecular complexity index is 724. The van der Waals surface area contributed by atoms with Crippen molar-refractivity contribution in [1.82, 2.24) is 10.4 Å². The summed E-state index contributed by atoms with van der Waals surface area (Å²) in [6.07, 6.45) is 26.0. The van der Waals surface area contributed by atoms with Gasteiger partial charge in [-0.05, 0) is 19.3 Å². The van der Waals surface area contributed by atoms with Gasteiger partial charge in [0.1, 0.15) is 19.9 Å². The van der Waals surface area contributed by atoms with Crippen LogP contribution in [0.2, 0.25) is 0 Å². The van der Waals surface area contributed by atoms with E-state index in [2.05, 4.69) is 19.2 Å². The molecule has 0 aromatic heterocycles. The molecule has 0 spiro atoms. The summed E-state index contributed by atoms with van der Waals surface area (Å²) in [5, 5.41) is 12.8. The lowest BCUT2D eigenvalue weighted by atomic mass is 10.1. The van der Waals surface area contributed by atoms with E-state index in [1.165, 1.54) is 108 Å². The first-order chi connectivity index (χ1) is 22.9. The predicted octanol–water partition coefficient (Wildman–Crippen LogP) is 8.77. The van der Waals surface area contributed by atoms with Crippen molar-refractivity contribution in [1.29, 1.82) is 0 Å². The second-order valence-electron chi connectivity index (χ2n) is 12.8. The molecule has 47 heavy (non-hydrogen) atoms. The number of carbonyl (C=O) groups excluding carboxylic acids is 3. The molecule has 0 bridgehead atoms. The fraction of sp³-hybridized carbons (Fsp3) is 0.919. The molecule has 10 heteroatoms. The smallest absolute Gasteiger partial charge is 0.407 e. The topological polar surface area (TPSA) is 124 Å². The first-order valence-corrected chi connectivity index (χ1v) is 19.1. The Kier molecular flexibility index (Phi) is 34.0. The van der Waals surface area contributed by atoms with Crippen LogP contribution >= 0.6 is 0 Å². The fourth-order valence-electron chi connectivity index (χ4n) is 5.23. The first-order valence-electron chi connectivity index (χ1n) is 19.1. The van der Waals surface area contributed by atoms with Crippen molar-refractivity contribution in [2.75, 3.05) is 40.1 Å². The molecule has 0 saturated heterocycles. The minimum atomic E-state index is -0.858. The van der Waals surface area contributed by atoms with E-state index < -0.39 is 12.2 Å². The van der Waals surface area contributed by atoms with Crippen LogP contribution in [0.4, 0.5) is 4.79 Å². The van der Waals surface area contributed by atoms with Crippen LogP contribution in [-0.2, 0) is 28.6 Å². The Morgan fingerprint density at radius 3 is 1.49 bits per heavy atom. The maximum Gasteiger partial charge on any atom is 0.407 e. The highest BCUT2D eigenvalue weighted by molar-refractivity contribution is 5.70. The third-order valence-electron chi connectivity index (χ3n) is 8.20. The molecule has 0 aromatic carbocycles. The SMILES string of the molecule is CCCCCCCCCCCCCC(=O)OCC(COC(=O)NCCCON(C)CO)OC(=O)CCCCCCCCCCCCC. The summed E-state index contributed by atoms with van der Waals surface area (Å²) in [6, 6.07) is 0. The molecule has 0 aliphatic rings. The Hall–Kier alpha value is -1.91. The Balaban J connectivity index is 4.33. The lowest BCUT2D eigenvalue weighted by molar-refractivity contribution is -0.178. The van der Waals surface area contributed by atoms with Crippen molar-refractivity contribution in [3.8, 4) is 0 Å². The minimum Gasteiger partial charge on any atom is -0.462 e. The number of amides is 1. The van der Waals surface area contributed by atoms with Crippen LogP contribution in [0.15, 0.2) is 0 Å². The van der Waals surface area contributed by atoms with Crippen molar-refractivity contribution < 1.29 is 38.5 Å². The monoisotopic (exact) mass is 673 g/mol. The molecule has 0 aromatic rings. The van der Waals surface area contributed by atoms with Crippen LogP contribution in [-0.4, -0.2) is 74.4 Å². The average Bonchev–Trinajstić information content (AvgIpc) is 3.06. The van der Waals surface area contributed by atoms with Gasteiger partial charge in [0.15, 0.2) is 6.10 Å². The van der Waals surface area contributed by atoms with Crippen LogP contribution in [0.1, 0.15) is 174 Å². The van der Waals surface area contributed by atoms with Crippen molar-refractivity contribution in [3.63, 3.8) is 0 Å². The van der Waals surface area contributed by atoms with Crippen LogP contribution in [0.25, 0.3) is 0 Å². The zero-order chi connectivity index (χ0) is 34.6. The van der Waals surface area contributed by atoms with Gasteiger partial charge in [-0.15, -0.1) is 0 Å². The van der Waals surface area contributed by atoms with E-state index in [0.29, 0.717) is 26.0 Å². The summed E-state index contributed by atoms with van der Waals surface area (Å²) in [5.41, 5.74) is 0. The van der Waals surface area contributed by atoms with E-state index >= 15 is 0 Å². The molecular formula is C37H72N2O8. The van der Waals surface area contributed by atoms with E-state index in [4.69, 9.17) is 24.2 Å². The van der Waals surface area contributed by atoms with Crippen LogP contribution in [0.5, 0.6) is 0 Å². The van der Waals surface area contributed by atoms with Gasteiger partial charge in [0, 0.05) is 26.4 Å². The van der Waals surface area contributed by atoms with Gasteiger partial charge in [0.25, 0.3) is 0 Å². The van der Waals surface area contributed by atoms with Crippen LogP contribution in [0, 0.1) is 0 Å². The summed E-state index contributed by atoms with van der Waals surface area (Å²) >= 11 is 0. The number of carbonyl (C=O) groups is 3. The maximum absolute atomic E-state index is 12.6. The number of hydrogen-bond donors (Lipinski definition) is 2. The number of rotatable bonds is 35. The predicted molar refractivity (Wildman–Crippen MR) is 188 cm³/mol. The zero-order valence-corrected chi connectivity index (χ0v) is 30.5. The summed E-state index contributed by atoms with van der Waals surface area (Å²) in [7, 11) is 1.60. The van der Waals surface area contributed by atoms with Crippen molar-refractivity contribution in [3.05, 3.63) is 0 Å². The van der Waals surface area contributed by atoms with E-state index in [1.54, 1.807) is 7.05 Å². The average molecular weight is 673 g/mol. The molecule has 0 saturated carbocycles. The van der Waals surface area contributed by atoms with E-state index in [9.17, 15) is 14.4 Å². The number of nitrogens with one attached hydrogen (secondary N) is 1. The van der Waals surface area contributed by atoms with Gasteiger partial charge in [-0.3, -0.25) is 14.4 Å². The van der Waals surface area contributed by atoms with Crippen molar-refractivity contribution in [2.24, 2.45) is 0 Å². The second kappa shape index (κ2) is 35.4. The molecule has 0 fully saturated rings. The Labute approximate surface area is 287 Å². The molecule has 2 N–H and O–H groups in total. The maximum atomic E-state index is 12.6. The zero-order valence-electron chi connectivity index (χ0n) is 30.5. The van der Waals surface area contributed by atoms with Crippen LogP contribution in [0.3, 0.4) is 0 Å². The van der Waals surface area contributed by atoms with Crippen molar-refractivity contribution >= 4 is 18.0 Å². The normalized spacial score (nSPS) is 11.9. The number of unbranched alkanes of at least 4 members (excludes halogenated alkanes) is 20. The van der Waals surface area contributed by atoms with Gasteiger partial charge in [0.05, 0.1) is 6.61 Å². The number of aliphatic hydroxyl groups is 1. The fourth-order valence-corrected chi connectivity index (χ4v) is 5.23. The number of ether oxygens (including phenoxy) is 3. The van der Waals surface area contributed by atoms with Gasteiger partial charge in [-0.1, -0.05) is 142 Å². The summed E-state index contributed by atoms with van der Waals surface area (Å²) < 4.78 is 16.2. The third-order valence-corrected chi connectivity index (χ3v) is 8.20. The molecule has 0 heterocycles. The standard InChI is InChI=1S/C37H72N2O8/c1-4-6-8-10-12-14-16-18-20-22-24-27-35(41)44-31-34(32-45-37(43)38-29-26-30-46-39(3)33-40)47-36(42)28-25-23-21-19-17-15-13-11-9-7-5-2/h34,40H,4-33H2,1-3H3,(H,38,43). The minimum absolute atomic E-state index is 0.143. The van der Waals surface area contributed by atoms with E-state index in [1.807, 2.05) is 0 Å². The number of nitrogens with zero attached hydrogens (tertiary/aromatic N) is 1. The molecule has 1 unspecified atom stereocenters. The van der Waals surface area contributed by atoms with Gasteiger partial charge in [-0.2, -0.15) is 5.06 Å². The van der Waals surface area contributed by atoms with Gasteiger partial charge in [-0.25, -0.2) is 4.79 Å². The lowest BCUT2D eigenvalue weighted by Crippen LogP contribution is -2.34. The van der Waals surface area contributed by atoms with E-state index in [-0.39, 0.29) is 38.3 Å².